The number of hydrogen-bond acceptors (Lipinski definition) is 3. The molecule has 17 heavy (non-hydrogen) atoms. The lowest BCUT2D eigenvalue weighted by Crippen LogP contribution is -2.44. The molecule has 1 aliphatic heterocycles. The van der Waals surface area contributed by atoms with E-state index in [0.717, 1.165) is 6.54 Å². The molecule has 0 spiro atoms. The molecule has 0 radical (unpaired) electrons. The van der Waals surface area contributed by atoms with Crippen molar-refractivity contribution in [2.24, 2.45) is 11.8 Å². The number of hydrazine groups is 1. The van der Waals surface area contributed by atoms with Crippen molar-refractivity contribution in [2.45, 2.75) is 33.0 Å². The van der Waals surface area contributed by atoms with Gasteiger partial charge in [-0.15, -0.1) is 0 Å². The van der Waals surface area contributed by atoms with Crippen LogP contribution in [-0.4, -0.2) is 12.7 Å². The molecule has 1 fully saturated rings. The average Bonchev–Trinajstić information content (AvgIpc) is 2.69. The number of rotatable bonds is 4. The van der Waals surface area contributed by atoms with Crippen LogP contribution in [0.15, 0.2) is 30.3 Å². The minimum absolute atomic E-state index is 0.350. The second-order valence-electron chi connectivity index (χ2n) is 5.32. The van der Waals surface area contributed by atoms with E-state index in [1.807, 2.05) is 0 Å². The van der Waals surface area contributed by atoms with Gasteiger partial charge in [-0.25, -0.2) is 10.9 Å². The molecular formula is C14H23N3. The smallest absolute Gasteiger partial charge is 0.0749 e. The maximum atomic E-state index is 3.56. The molecule has 3 unspecified atom stereocenters. The van der Waals surface area contributed by atoms with Gasteiger partial charge in [0.2, 0.25) is 0 Å². The third-order valence-electron chi connectivity index (χ3n) is 3.35. The molecule has 1 saturated heterocycles. The van der Waals surface area contributed by atoms with E-state index >= 15 is 0 Å². The van der Waals surface area contributed by atoms with Crippen LogP contribution in [0, 0.1) is 11.8 Å². The van der Waals surface area contributed by atoms with Crippen LogP contribution < -0.4 is 16.2 Å². The lowest BCUT2D eigenvalue weighted by Gasteiger charge is -2.20. The van der Waals surface area contributed by atoms with E-state index in [4.69, 9.17) is 0 Å². The first kappa shape index (κ1) is 12.6. The Morgan fingerprint density at radius 2 is 1.88 bits per heavy atom. The molecule has 1 aromatic carbocycles. The van der Waals surface area contributed by atoms with Crippen LogP contribution in [-0.2, 0) is 0 Å². The maximum Gasteiger partial charge on any atom is 0.0749 e. The fourth-order valence-electron chi connectivity index (χ4n) is 2.28. The molecule has 0 aliphatic carbocycles. The predicted octanol–water partition coefficient (Wildman–Crippen LogP) is 2.04. The van der Waals surface area contributed by atoms with Gasteiger partial charge >= 0.3 is 0 Å². The van der Waals surface area contributed by atoms with Gasteiger partial charge in [0.1, 0.15) is 0 Å². The van der Waals surface area contributed by atoms with E-state index < -0.39 is 0 Å². The molecular weight excluding hydrogens is 210 g/mol. The SMILES string of the molecule is CC(C)CNC1NNC(c2ccccc2)C1C. The van der Waals surface area contributed by atoms with Gasteiger partial charge in [-0.05, 0) is 18.0 Å². The highest BCUT2D eigenvalue weighted by Crippen LogP contribution is 2.26. The Hall–Kier alpha value is -0.900. The molecule has 1 aliphatic rings. The van der Waals surface area contributed by atoms with Crippen molar-refractivity contribution < 1.29 is 0 Å². The minimum atomic E-state index is 0.350. The van der Waals surface area contributed by atoms with Crippen LogP contribution in [0.5, 0.6) is 0 Å². The van der Waals surface area contributed by atoms with E-state index in [1.165, 1.54) is 5.56 Å². The zero-order valence-electron chi connectivity index (χ0n) is 10.9. The molecule has 3 heteroatoms. The molecule has 0 aromatic heterocycles. The van der Waals surface area contributed by atoms with Crippen LogP contribution in [0.1, 0.15) is 32.4 Å². The van der Waals surface area contributed by atoms with E-state index in [9.17, 15) is 0 Å². The topological polar surface area (TPSA) is 36.1 Å². The highest BCUT2D eigenvalue weighted by Gasteiger charge is 2.32. The van der Waals surface area contributed by atoms with Crippen LogP contribution in [0.4, 0.5) is 0 Å². The molecule has 2 rings (SSSR count). The van der Waals surface area contributed by atoms with E-state index in [2.05, 4.69) is 67.3 Å². The Kier molecular flexibility index (Phi) is 4.15. The normalized spacial score (nSPS) is 28.8. The highest BCUT2D eigenvalue weighted by molar-refractivity contribution is 5.20. The van der Waals surface area contributed by atoms with E-state index in [-0.39, 0.29) is 0 Å². The number of hydrogen-bond donors (Lipinski definition) is 3. The predicted molar refractivity (Wildman–Crippen MR) is 71.2 cm³/mol. The fourth-order valence-corrected chi connectivity index (χ4v) is 2.28. The second kappa shape index (κ2) is 5.63. The summed E-state index contributed by atoms with van der Waals surface area (Å²) >= 11 is 0. The Labute approximate surface area is 104 Å². The summed E-state index contributed by atoms with van der Waals surface area (Å²) in [5, 5.41) is 3.56. The van der Waals surface area contributed by atoms with Crippen molar-refractivity contribution in [3.63, 3.8) is 0 Å². The monoisotopic (exact) mass is 233 g/mol. The quantitative estimate of drug-likeness (QED) is 0.745. The first-order valence-corrected chi connectivity index (χ1v) is 6.48. The summed E-state index contributed by atoms with van der Waals surface area (Å²) in [6.07, 6.45) is 0.350. The van der Waals surface area contributed by atoms with Gasteiger partial charge < -0.3 is 5.32 Å². The molecule has 3 atom stereocenters. The second-order valence-corrected chi connectivity index (χ2v) is 5.32. The first-order chi connectivity index (χ1) is 8.18. The van der Waals surface area contributed by atoms with Gasteiger partial charge in [0.05, 0.1) is 12.2 Å². The van der Waals surface area contributed by atoms with Gasteiger partial charge in [0.25, 0.3) is 0 Å². The molecule has 0 amide bonds. The summed E-state index contributed by atoms with van der Waals surface area (Å²) in [4.78, 5) is 0. The summed E-state index contributed by atoms with van der Waals surface area (Å²) in [5.74, 6) is 1.22. The molecule has 1 aromatic rings. The third kappa shape index (κ3) is 3.06. The van der Waals surface area contributed by atoms with Crippen LogP contribution in [0.25, 0.3) is 0 Å². The van der Waals surface area contributed by atoms with E-state index in [0.29, 0.717) is 24.0 Å². The Morgan fingerprint density at radius 1 is 1.18 bits per heavy atom. The summed E-state index contributed by atoms with van der Waals surface area (Å²) in [7, 11) is 0. The van der Waals surface area contributed by atoms with Crippen molar-refractivity contribution in [1.82, 2.24) is 16.2 Å². The molecule has 0 saturated carbocycles. The largest absolute Gasteiger partial charge is 0.300 e. The van der Waals surface area contributed by atoms with Crippen molar-refractivity contribution >= 4 is 0 Å². The average molecular weight is 233 g/mol. The van der Waals surface area contributed by atoms with Crippen LogP contribution >= 0.6 is 0 Å². The van der Waals surface area contributed by atoms with Gasteiger partial charge in [0.15, 0.2) is 0 Å². The Balaban J connectivity index is 1.95. The molecule has 3 N–H and O–H groups in total. The molecule has 3 nitrogen and oxygen atoms in total. The molecule has 94 valence electrons. The standard InChI is InChI=1S/C14H23N3/c1-10(2)9-15-14-11(3)13(16-17-14)12-7-5-4-6-8-12/h4-8,10-11,13-17H,9H2,1-3H3. The number of nitrogens with one attached hydrogen (secondary N) is 3. The van der Waals surface area contributed by atoms with Gasteiger partial charge in [-0.3, -0.25) is 0 Å². The summed E-state index contributed by atoms with van der Waals surface area (Å²) in [6, 6.07) is 11.0. The van der Waals surface area contributed by atoms with Gasteiger partial charge in [-0.1, -0.05) is 51.1 Å². The third-order valence-corrected chi connectivity index (χ3v) is 3.35. The van der Waals surface area contributed by atoms with Crippen molar-refractivity contribution in [1.29, 1.82) is 0 Å². The Morgan fingerprint density at radius 3 is 2.53 bits per heavy atom. The summed E-state index contributed by atoms with van der Waals surface area (Å²) in [6.45, 7) is 7.79. The first-order valence-electron chi connectivity index (χ1n) is 6.48. The van der Waals surface area contributed by atoms with Gasteiger partial charge in [-0.2, -0.15) is 0 Å². The van der Waals surface area contributed by atoms with E-state index in [1.54, 1.807) is 0 Å². The maximum absolute atomic E-state index is 3.56. The minimum Gasteiger partial charge on any atom is -0.300 e. The van der Waals surface area contributed by atoms with Crippen molar-refractivity contribution in [2.75, 3.05) is 6.54 Å². The van der Waals surface area contributed by atoms with Gasteiger partial charge in [0, 0.05) is 5.92 Å². The lowest BCUT2D eigenvalue weighted by atomic mass is 9.94. The molecule has 1 heterocycles. The Bertz CT molecular complexity index is 337. The lowest BCUT2D eigenvalue weighted by molar-refractivity contribution is 0.363. The van der Waals surface area contributed by atoms with Crippen molar-refractivity contribution in [3.8, 4) is 0 Å². The summed E-state index contributed by atoms with van der Waals surface area (Å²) in [5.41, 5.74) is 8.08. The highest BCUT2D eigenvalue weighted by atomic mass is 15.5. The molecule has 0 bridgehead atoms. The number of benzene rings is 1. The van der Waals surface area contributed by atoms with Crippen molar-refractivity contribution in [3.05, 3.63) is 35.9 Å². The summed E-state index contributed by atoms with van der Waals surface area (Å²) < 4.78 is 0. The zero-order chi connectivity index (χ0) is 12.3. The zero-order valence-corrected chi connectivity index (χ0v) is 10.9. The fraction of sp³-hybridized carbons (Fsp3) is 0.571. The van der Waals surface area contributed by atoms with Crippen LogP contribution in [0.3, 0.4) is 0 Å². The van der Waals surface area contributed by atoms with Crippen LogP contribution in [0.2, 0.25) is 0 Å².